The van der Waals surface area contributed by atoms with Crippen LogP contribution in [-0.4, -0.2) is 33.5 Å². The standard InChI is InChI=1S/C14H17N5O/c20-14(17-11-6-7-11)10-15-8-12-9-16-19(18-12)13-4-2-1-3-5-13/h1-5,9,11,15H,6-8,10H2,(H,17,20). The number of carbonyl (C=O) groups excluding carboxylic acids is 1. The van der Waals surface area contributed by atoms with E-state index < -0.39 is 0 Å². The van der Waals surface area contributed by atoms with Crippen LogP contribution in [0.2, 0.25) is 0 Å². The summed E-state index contributed by atoms with van der Waals surface area (Å²) in [5, 5.41) is 14.6. The van der Waals surface area contributed by atoms with Gasteiger partial charge in [0.15, 0.2) is 0 Å². The molecule has 6 heteroatoms. The fourth-order valence-corrected chi connectivity index (χ4v) is 1.87. The van der Waals surface area contributed by atoms with Gasteiger partial charge in [-0.1, -0.05) is 18.2 Å². The van der Waals surface area contributed by atoms with Gasteiger partial charge in [-0.15, -0.1) is 0 Å². The molecule has 1 aliphatic rings. The van der Waals surface area contributed by atoms with E-state index in [1.165, 1.54) is 0 Å². The minimum Gasteiger partial charge on any atom is -0.352 e. The summed E-state index contributed by atoms with van der Waals surface area (Å²) in [6.07, 6.45) is 3.92. The quantitative estimate of drug-likeness (QED) is 0.808. The Kier molecular flexibility index (Phi) is 3.73. The SMILES string of the molecule is O=C(CNCc1cnn(-c2ccccc2)n1)NC1CC1. The molecule has 0 aliphatic heterocycles. The second-order valence-electron chi connectivity index (χ2n) is 4.91. The lowest BCUT2D eigenvalue weighted by molar-refractivity contribution is -0.120. The minimum atomic E-state index is 0.0444. The van der Waals surface area contributed by atoms with Crippen molar-refractivity contribution < 1.29 is 4.79 Å². The number of nitrogens with zero attached hydrogens (tertiary/aromatic N) is 3. The Hall–Kier alpha value is -2.21. The number of benzene rings is 1. The third kappa shape index (κ3) is 3.42. The summed E-state index contributed by atoms with van der Waals surface area (Å²) in [4.78, 5) is 13.1. The first kappa shape index (κ1) is 12.8. The van der Waals surface area contributed by atoms with E-state index in [4.69, 9.17) is 0 Å². The Bertz CT molecular complexity index is 576. The molecular weight excluding hydrogens is 254 g/mol. The molecule has 0 unspecified atom stereocenters. The highest BCUT2D eigenvalue weighted by Crippen LogP contribution is 2.18. The second-order valence-corrected chi connectivity index (χ2v) is 4.91. The number of hydrogen-bond acceptors (Lipinski definition) is 4. The fourth-order valence-electron chi connectivity index (χ4n) is 1.87. The van der Waals surface area contributed by atoms with Crippen LogP contribution in [0.15, 0.2) is 36.5 Å². The Morgan fingerprint density at radius 1 is 1.30 bits per heavy atom. The van der Waals surface area contributed by atoms with Gasteiger partial charge in [0.05, 0.1) is 24.1 Å². The van der Waals surface area contributed by atoms with Gasteiger partial charge >= 0.3 is 0 Å². The van der Waals surface area contributed by atoms with Gasteiger partial charge in [0.25, 0.3) is 0 Å². The number of rotatable bonds is 6. The van der Waals surface area contributed by atoms with E-state index >= 15 is 0 Å². The first-order valence-corrected chi connectivity index (χ1v) is 6.78. The first-order valence-electron chi connectivity index (χ1n) is 6.78. The van der Waals surface area contributed by atoms with E-state index in [1.807, 2.05) is 30.3 Å². The monoisotopic (exact) mass is 271 g/mol. The number of amides is 1. The lowest BCUT2D eigenvalue weighted by Crippen LogP contribution is -2.34. The smallest absolute Gasteiger partial charge is 0.234 e. The second kappa shape index (κ2) is 5.83. The van der Waals surface area contributed by atoms with Crippen molar-refractivity contribution in [2.45, 2.75) is 25.4 Å². The van der Waals surface area contributed by atoms with Crippen molar-refractivity contribution in [1.82, 2.24) is 25.6 Å². The van der Waals surface area contributed by atoms with E-state index in [-0.39, 0.29) is 5.91 Å². The van der Waals surface area contributed by atoms with Gasteiger partial charge in [0.2, 0.25) is 5.91 Å². The maximum absolute atomic E-state index is 11.5. The molecule has 1 heterocycles. The van der Waals surface area contributed by atoms with Crippen molar-refractivity contribution in [3.8, 4) is 5.69 Å². The molecule has 6 nitrogen and oxygen atoms in total. The molecule has 0 bridgehead atoms. The predicted molar refractivity (Wildman–Crippen MR) is 74.2 cm³/mol. The van der Waals surface area contributed by atoms with Crippen molar-refractivity contribution in [3.05, 3.63) is 42.2 Å². The van der Waals surface area contributed by atoms with Crippen molar-refractivity contribution in [2.75, 3.05) is 6.54 Å². The van der Waals surface area contributed by atoms with Crippen LogP contribution in [0.25, 0.3) is 5.69 Å². The summed E-state index contributed by atoms with van der Waals surface area (Å²) in [5.74, 6) is 0.0444. The highest BCUT2D eigenvalue weighted by molar-refractivity contribution is 5.78. The average Bonchev–Trinajstić information content (AvgIpc) is 3.15. The molecule has 1 aliphatic carbocycles. The van der Waals surface area contributed by atoms with Crippen LogP contribution in [0.4, 0.5) is 0 Å². The van der Waals surface area contributed by atoms with Gasteiger partial charge in [0, 0.05) is 12.6 Å². The van der Waals surface area contributed by atoms with Crippen LogP contribution < -0.4 is 10.6 Å². The summed E-state index contributed by atoms with van der Waals surface area (Å²) in [6, 6.07) is 10.1. The number of carbonyl (C=O) groups is 1. The predicted octanol–water partition coefficient (Wildman–Crippen LogP) is 0.635. The van der Waals surface area contributed by atoms with Crippen molar-refractivity contribution in [1.29, 1.82) is 0 Å². The summed E-state index contributed by atoms with van der Waals surface area (Å²) >= 11 is 0. The molecule has 1 fully saturated rings. The molecule has 2 aromatic rings. The maximum atomic E-state index is 11.5. The topological polar surface area (TPSA) is 71.8 Å². The van der Waals surface area contributed by atoms with Crippen LogP contribution in [0, 0.1) is 0 Å². The Morgan fingerprint density at radius 3 is 2.85 bits per heavy atom. The van der Waals surface area contributed by atoms with Crippen molar-refractivity contribution in [2.24, 2.45) is 0 Å². The van der Waals surface area contributed by atoms with Gasteiger partial charge in [-0.25, -0.2) is 0 Å². The zero-order valence-corrected chi connectivity index (χ0v) is 11.1. The van der Waals surface area contributed by atoms with E-state index in [2.05, 4.69) is 20.8 Å². The fraction of sp³-hybridized carbons (Fsp3) is 0.357. The van der Waals surface area contributed by atoms with E-state index in [0.29, 0.717) is 19.1 Å². The molecule has 1 saturated carbocycles. The molecule has 0 spiro atoms. The molecule has 20 heavy (non-hydrogen) atoms. The Morgan fingerprint density at radius 2 is 2.10 bits per heavy atom. The van der Waals surface area contributed by atoms with Crippen LogP contribution in [0.1, 0.15) is 18.5 Å². The molecule has 1 aromatic heterocycles. The van der Waals surface area contributed by atoms with E-state index in [9.17, 15) is 4.79 Å². The third-order valence-corrected chi connectivity index (χ3v) is 3.06. The minimum absolute atomic E-state index is 0.0444. The van der Waals surface area contributed by atoms with Crippen LogP contribution in [0.3, 0.4) is 0 Å². The lowest BCUT2D eigenvalue weighted by atomic mass is 10.3. The third-order valence-electron chi connectivity index (χ3n) is 3.06. The van der Waals surface area contributed by atoms with Crippen molar-refractivity contribution >= 4 is 5.91 Å². The molecular formula is C14H17N5O. The highest BCUT2D eigenvalue weighted by Gasteiger charge is 2.22. The summed E-state index contributed by atoms with van der Waals surface area (Å²) in [5.41, 5.74) is 1.73. The van der Waals surface area contributed by atoms with Gasteiger partial charge in [0.1, 0.15) is 0 Å². The zero-order valence-electron chi connectivity index (χ0n) is 11.1. The normalized spacial score (nSPS) is 14.2. The molecule has 0 radical (unpaired) electrons. The molecule has 104 valence electrons. The number of para-hydroxylation sites is 1. The Balaban J connectivity index is 1.48. The van der Waals surface area contributed by atoms with Gasteiger partial charge < -0.3 is 10.6 Å². The van der Waals surface area contributed by atoms with Crippen LogP contribution in [0.5, 0.6) is 0 Å². The molecule has 3 rings (SSSR count). The maximum Gasteiger partial charge on any atom is 0.234 e. The summed E-state index contributed by atoms with van der Waals surface area (Å²) in [7, 11) is 0. The van der Waals surface area contributed by atoms with Crippen molar-refractivity contribution in [3.63, 3.8) is 0 Å². The highest BCUT2D eigenvalue weighted by atomic mass is 16.2. The number of nitrogens with one attached hydrogen (secondary N) is 2. The number of hydrogen-bond donors (Lipinski definition) is 2. The molecule has 0 atom stereocenters. The summed E-state index contributed by atoms with van der Waals surface area (Å²) in [6.45, 7) is 0.847. The van der Waals surface area contributed by atoms with Crippen LogP contribution in [-0.2, 0) is 11.3 Å². The lowest BCUT2D eigenvalue weighted by Gasteiger charge is -2.03. The zero-order chi connectivity index (χ0) is 13.8. The van der Waals surface area contributed by atoms with Gasteiger partial charge in [-0.3, -0.25) is 4.79 Å². The first-order chi connectivity index (χ1) is 9.81. The van der Waals surface area contributed by atoms with Crippen LogP contribution >= 0.6 is 0 Å². The largest absolute Gasteiger partial charge is 0.352 e. The summed E-state index contributed by atoms with van der Waals surface area (Å²) < 4.78 is 0. The van der Waals surface area contributed by atoms with E-state index in [1.54, 1.807) is 11.0 Å². The number of aromatic nitrogens is 3. The molecule has 0 saturated heterocycles. The average molecular weight is 271 g/mol. The molecule has 1 amide bonds. The molecule has 2 N–H and O–H groups in total. The van der Waals surface area contributed by atoms with Gasteiger partial charge in [-0.05, 0) is 25.0 Å². The Labute approximate surface area is 117 Å². The van der Waals surface area contributed by atoms with Gasteiger partial charge in [-0.2, -0.15) is 15.0 Å². The van der Waals surface area contributed by atoms with E-state index in [0.717, 1.165) is 24.2 Å². The molecule has 1 aromatic carbocycles.